The maximum absolute atomic E-state index is 12.4. The molecule has 1 aliphatic heterocycles. The number of hydrogen-bond acceptors (Lipinski definition) is 4. The Morgan fingerprint density at radius 3 is 2.58 bits per heavy atom. The molecule has 2 heterocycles. The van der Waals surface area contributed by atoms with Crippen molar-refractivity contribution in [2.75, 3.05) is 11.4 Å². The van der Waals surface area contributed by atoms with Gasteiger partial charge in [-0.3, -0.25) is 19.6 Å². The lowest BCUT2D eigenvalue weighted by molar-refractivity contribution is -0.126. The highest BCUT2D eigenvalue weighted by Gasteiger charge is 2.35. The fourth-order valence-electron chi connectivity index (χ4n) is 3.00. The Morgan fingerprint density at radius 2 is 1.96 bits per heavy atom. The molecular weight excluding hydrogens is 328 g/mol. The van der Waals surface area contributed by atoms with E-state index in [1.165, 1.54) is 5.56 Å². The topological polar surface area (TPSA) is 75.2 Å². The van der Waals surface area contributed by atoms with E-state index in [1.807, 2.05) is 31.2 Å². The molecule has 1 saturated heterocycles. The van der Waals surface area contributed by atoms with Crippen LogP contribution in [0, 0.1) is 12.8 Å². The van der Waals surface area contributed by atoms with Crippen molar-refractivity contribution >= 4 is 17.5 Å². The van der Waals surface area contributed by atoms with Gasteiger partial charge in [-0.2, -0.15) is 0 Å². The first kappa shape index (κ1) is 18.0. The van der Waals surface area contributed by atoms with Gasteiger partial charge >= 0.3 is 0 Å². The number of anilines is 1. The zero-order valence-electron chi connectivity index (χ0n) is 15.4. The summed E-state index contributed by atoms with van der Waals surface area (Å²) in [5, 5.41) is 2.86. The first-order valence-electron chi connectivity index (χ1n) is 8.89. The van der Waals surface area contributed by atoms with Crippen LogP contribution in [0.3, 0.4) is 0 Å². The Kier molecular flexibility index (Phi) is 5.30. The quantitative estimate of drug-likeness (QED) is 0.897. The van der Waals surface area contributed by atoms with E-state index in [4.69, 9.17) is 0 Å². The number of nitrogens with zero attached hydrogens (tertiary/aromatic N) is 3. The van der Waals surface area contributed by atoms with E-state index >= 15 is 0 Å². The second-order valence-corrected chi connectivity index (χ2v) is 7.02. The third-order valence-electron chi connectivity index (χ3n) is 4.65. The van der Waals surface area contributed by atoms with Crippen LogP contribution < -0.4 is 10.2 Å². The lowest BCUT2D eigenvalue weighted by atomic mass is 10.0. The molecule has 0 spiro atoms. The van der Waals surface area contributed by atoms with Crippen molar-refractivity contribution in [3.8, 4) is 0 Å². The molecule has 1 N–H and O–H groups in total. The van der Waals surface area contributed by atoms with E-state index in [2.05, 4.69) is 29.1 Å². The van der Waals surface area contributed by atoms with E-state index < -0.39 is 0 Å². The van der Waals surface area contributed by atoms with Gasteiger partial charge in [0.25, 0.3) is 0 Å². The molecule has 0 bridgehead atoms. The lowest BCUT2D eigenvalue weighted by Gasteiger charge is -2.17. The fraction of sp³-hybridized carbons (Fsp3) is 0.400. The summed E-state index contributed by atoms with van der Waals surface area (Å²) in [5.41, 5.74) is 3.61. The molecule has 6 heteroatoms. The number of carbonyl (C=O) groups is 2. The molecule has 2 amide bonds. The number of aromatic nitrogens is 2. The van der Waals surface area contributed by atoms with Crippen molar-refractivity contribution in [2.45, 2.75) is 39.7 Å². The molecular formula is C20H24N4O2. The Balaban J connectivity index is 1.59. The van der Waals surface area contributed by atoms with Gasteiger partial charge in [0, 0.05) is 24.8 Å². The smallest absolute Gasteiger partial charge is 0.227 e. The van der Waals surface area contributed by atoms with Crippen LogP contribution >= 0.6 is 0 Å². The van der Waals surface area contributed by atoms with E-state index in [0.717, 1.165) is 11.4 Å². The number of amides is 2. The zero-order chi connectivity index (χ0) is 18.7. The molecule has 0 aliphatic carbocycles. The number of benzene rings is 1. The van der Waals surface area contributed by atoms with Crippen LogP contribution in [0.25, 0.3) is 0 Å². The summed E-state index contributed by atoms with van der Waals surface area (Å²) in [6.45, 7) is 6.86. The standard InChI is InChI=1S/C20H24N4O2/c1-13(2)15-4-6-18(7-5-15)24-12-16(8-19(24)25)20(26)23-11-17-10-21-14(3)9-22-17/h4-7,9-10,13,16H,8,11-12H2,1-3H3,(H,23,26)/t16-/m1/s1. The summed E-state index contributed by atoms with van der Waals surface area (Å²) in [6, 6.07) is 7.98. The second kappa shape index (κ2) is 7.64. The monoisotopic (exact) mass is 352 g/mol. The highest BCUT2D eigenvalue weighted by atomic mass is 16.2. The third-order valence-corrected chi connectivity index (χ3v) is 4.65. The molecule has 1 fully saturated rings. The number of hydrogen-bond donors (Lipinski definition) is 1. The molecule has 3 rings (SSSR count). The molecule has 1 aromatic heterocycles. The molecule has 0 unspecified atom stereocenters. The van der Waals surface area contributed by atoms with Gasteiger partial charge in [-0.15, -0.1) is 0 Å². The Hall–Kier alpha value is -2.76. The van der Waals surface area contributed by atoms with E-state index in [0.29, 0.717) is 24.7 Å². The van der Waals surface area contributed by atoms with Crippen LogP contribution in [-0.4, -0.2) is 28.3 Å². The predicted octanol–water partition coefficient (Wildman–Crippen LogP) is 2.58. The molecule has 0 radical (unpaired) electrons. The first-order valence-corrected chi connectivity index (χ1v) is 8.89. The molecule has 2 aromatic rings. The SMILES string of the molecule is Cc1cnc(CNC(=O)[C@@H]2CC(=O)N(c3ccc(C(C)C)cc3)C2)cn1. The number of aryl methyl sites for hydroxylation is 1. The van der Waals surface area contributed by atoms with Gasteiger partial charge in [0.1, 0.15) is 0 Å². The van der Waals surface area contributed by atoms with Crippen LogP contribution in [0.1, 0.15) is 43.1 Å². The summed E-state index contributed by atoms with van der Waals surface area (Å²) in [6.07, 6.45) is 3.55. The lowest BCUT2D eigenvalue weighted by Crippen LogP contribution is -2.32. The fourth-order valence-corrected chi connectivity index (χ4v) is 3.00. The number of nitrogens with one attached hydrogen (secondary N) is 1. The van der Waals surface area contributed by atoms with Gasteiger partial charge in [0.2, 0.25) is 11.8 Å². The molecule has 6 nitrogen and oxygen atoms in total. The van der Waals surface area contributed by atoms with Crippen LogP contribution in [-0.2, 0) is 16.1 Å². The van der Waals surface area contributed by atoms with E-state index in [1.54, 1.807) is 17.3 Å². The average Bonchev–Trinajstić information content (AvgIpc) is 3.03. The molecule has 1 aromatic carbocycles. The first-order chi connectivity index (χ1) is 12.4. The maximum Gasteiger partial charge on any atom is 0.227 e. The molecule has 26 heavy (non-hydrogen) atoms. The molecule has 136 valence electrons. The number of rotatable bonds is 5. The molecule has 1 atom stereocenters. The van der Waals surface area contributed by atoms with Gasteiger partial charge in [0.05, 0.1) is 30.0 Å². The summed E-state index contributed by atoms with van der Waals surface area (Å²) in [4.78, 5) is 34.8. The van der Waals surface area contributed by atoms with Crippen molar-refractivity contribution in [2.24, 2.45) is 5.92 Å². The van der Waals surface area contributed by atoms with Crippen molar-refractivity contribution < 1.29 is 9.59 Å². The third kappa shape index (κ3) is 4.07. The van der Waals surface area contributed by atoms with Gasteiger partial charge in [0.15, 0.2) is 0 Å². The van der Waals surface area contributed by atoms with Gasteiger partial charge in [-0.05, 0) is 30.5 Å². The predicted molar refractivity (Wildman–Crippen MR) is 99.6 cm³/mol. The average molecular weight is 352 g/mol. The summed E-state index contributed by atoms with van der Waals surface area (Å²) in [5.74, 6) is -0.0352. The summed E-state index contributed by atoms with van der Waals surface area (Å²) >= 11 is 0. The number of carbonyl (C=O) groups excluding carboxylic acids is 2. The Bertz CT molecular complexity index is 784. The van der Waals surface area contributed by atoms with Crippen molar-refractivity contribution in [1.82, 2.24) is 15.3 Å². The van der Waals surface area contributed by atoms with Gasteiger partial charge in [-0.1, -0.05) is 26.0 Å². The van der Waals surface area contributed by atoms with Crippen molar-refractivity contribution in [1.29, 1.82) is 0 Å². The van der Waals surface area contributed by atoms with Crippen molar-refractivity contribution in [3.05, 3.63) is 53.6 Å². The van der Waals surface area contributed by atoms with Crippen LogP contribution in [0.2, 0.25) is 0 Å². The van der Waals surface area contributed by atoms with Gasteiger partial charge < -0.3 is 10.2 Å². The highest BCUT2D eigenvalue weighted by Crippen LogP contribution is 2.27. The van der Waals surface area contributed by atoms with Crippen molar-refractivity contribution in [3.63, 3.8) is 0 Å². The Labute approximate surface area is 153 Å². The molecule has 1 aliphatic rings. The summed E-state index contributed by atoms with van der Waals surface area (Å²) < 4.78 is 0. The maximum atomic E-state index is 12.4. The van der Waals surface area contributed by atoms with Crippen LogP contribution in [0.15, 0.2) is 36.7 Å². The minimum Gasteiger partial charge on any atom is -0.350 e. The molecule has 0 saturated carbocycles. The van der Waals surface area contributed by atoms with Gasteiger partial charge in [-0.25, -0.2) is 0 Å². The Morgan fingerprint density at radius 1 is 1.23 bits per heavy atom. The highest BCUT2D eigenvalue weighted by molar-refractivity contribution is 6.00. The van der Waals surface area contributed by atoms with Crippen LogP contribution in [0.4, 0.5) is 5.69 Å². The minimum atomic E-state index is -0.342. The second-order valence-electron chi connectivity index (χ2n) is 7.02. The van der Waals surface area contributed by atoms with E-state index in [-0.39, 0.29) is 24.2 Å². The minimum absolute atomic E-state index is 0.0161. The summed E-state index contributed by atoms with van der Waals surface area (Å²) in [7, 11) is 0. The normalized spacial score (nSPS) is 17.0. The van der Waals surface area contributed by atoms with Crippen LogP contribution in [0.5, 0.6) is 0 Å². The zero-order valence-corrected chi connectivity index (χ0v) is 15.4. The van der Waals surface area contributed by atoms with E-state index in [9.17, 15) is 9.59 Å². The largest absolute Gasteiger partial charge is 0.350 e.